The van der Waals surface area contributed by atoms with Gasteiger partial charge in [0, 0.05) is 30.9 Å². The molecule has 1 aliphatic carbocycles. The summed E-state index contributed by atoms with van der Waals surface area (Å²) < 4.78 is 113. The lowest BCUT2D eigenvalue weighted by molar-refractivity contribution is -0.158. The van der Waals surface area contributed by atoms with Gasteiger partial charge in [-0.15, -0.1) is 0 Å². The van der Waals surface area contributed by atoms with E-state index in [0.717, 1.165) is 6.07 Å². The summed E-state index contributed by atoms with van der Waals surface area (Å²) in [5, 5.41) is 8.73. The fourth-order valence-electron chi connectivity index (χ4n) is 4.83. The van der Waals surface area contributed by atoms with Crippen LogP contribution in [0.4, 0.5) is 35.1 Å². The zero-order valence-electron chi connectivity index (χ0n) is 22.2. The minimum Gasteiger partial charge on any atom is -0.344 e. The first-order valence-electron chi connectivity index (χ1n) is 12.9. The fourth-order valence-corrected chi connectivity index (χ4v) is 4.83. The lowest BCUT2D eigenvalue weighted by Gasteiger charge is -2.36. The van der Waals surface area contributed by atoms with Gasteiger partial charge in [-0.3, -0.25) is 9.59 Å². The molecule has 0 spiro atoms. The van der Waals surface area contributed by atoms with Gasteiger partial charge in [-0.25, -0.2) is 31.6 Å². The molecule has 42 heavy (non-hydrogen) atoms. The smallest absolute Gasteiger partial charge is 0.344 e. The molecule has 2 heterocycles. The number of aromatic nitrogens is 4. The molecule has 0 saturated heterocycles. The van der Waals surface area contributed by atoms with Crippen molar-refractivity contribution in [3.63, 3.8) is 0 Å². The number of fused-ring (bicyclic) bond motifs is 1. The van der Waals surface area contributed by atoms with Crippen LogP contribution in [0.25, 0.3) is 11.0 Å². The molecule has 1 fully saturated rings. The van der Waals surface area contributed by atoms with Gasteiger partial charge in [-0.1, -0.05) is 11.2 Å². The first kappa shape index (κ1) is 31.2. The molecular weight excluding hydrogens is 584 g/mol. The largest absolute Gasteiger partial charge is 0.408 e. The second-order valence-corrected chi connectivity index (χ2v) is 10.2. The summed E-state index contributed by atoms with van der Waals surface area (Å²) in [7, 11) is 0. The molecule has 4 rings (SSSR count). The number of nitrogens with zero attached hydrogens (tertiary/aromatic N) is 4. The minimum atomic E-state index is -4.86. The van der Waals surface area contributed by atoms with Crippen LogP contribution in [0.15, 0.2) is 16.8 Å². The highest BCUT2D eigenvalue weighted by molar-refractivity contribution is 5.93. The maximum atomic E-state index is 15.6. The summed E-state index contributed by atoms with van der Waals surface area (Å²) in [6, 6.07) is -0.846. The van der Waals surface area contributed by atoms with Crippen molar-refractivity contribution in [3.8, 4) is 0 Å². The van der Waals surface area contributed by atoms with E-state index in [2.05, 4.69) is 24.9 Å². The Labute approximate surface area is 233 Å². The number of rotatable bonds is 9. The predicted molar refractivity (Wildman–Crippen MR) is 129 cm³/mol. The highest BCUT2D eigenvalue weighted by Crippen LogP contribution is 2.36. The standard InChI is InChI=1S/C25H26F8N6O3/c1-11-20(38-42-37-11)23(41)39(13-5-7-24(29,30)8-6-13)10-18-35-16-4-3-14(19(28)21(16)36-18)15(9-17(26)27)22(40)34-12(2)25(31,32)33/h3-4,12-13,15,17H,5-10H2,1-2H3,(H,34,40)(H,35,36)/t12-,15-/m0/s1. The van der Waals surface area contributed by atoms with Crippen LogP contribution in [0.1, 0.15) is 72.5 Å². The Hall–Kier alpha value is -3.79. The summed E-state index contributed by atoms with van der Waals surface area (Å²) in [6.45, 7) is 1.75. The van der Waals surface area contributed by atoms with Gasteiger partial charge in [0.2, 0.25) is 18.3 Å². The van der Waals surface area contributed by atoms with Gasteiger partial charge in [0.25, 0.3) is 5.91 Å². The van der Waals surface area contributed by atoms with Crippen LogP contribution in [0.2, 0.25) is 0 Å². The Balaban J connectivity index is 1.66. The van der Waals surface area contributed by atoms with Crippen molar-refractivity contribution in [2.45, 2.75) is 89.0 Å². The Bertz CT molecular complexity index is 1430. The molecule has 0 aliphatic heterocycles. The molecule has 2 aromatic heterocycles. The van der Waals surface area contributed by atoms with E-state index in [0.29, 0.717) is 6.92 Å². The molecule has 1 saturated carbocycles. The van der Waals surface area contributed by atoms with Gasteiger partial charge < -0.3 is 15.2 Å². The Kier molecular flexibility index (Phi) is 8.78. The van der Waals surface area contributed by atoms with Crippen molar-refractivity contribution in [1.29, 1.82) is 0 Å². The topological polar surface area (TPSA) is 117 Å². The van der Waals surface area contributed by atoms with Crippen LogP contribution in [-0.2, 0) is 11.3 Å². The van der Waals surface area contributed by atoms with Crippen molar-refractivity contribution in [3.05, 3.63) is 40.7 Å². The van der Waals surface area contributed by atoms with E-state index in [1.165, 1.54) is 17.9 Å². The van der Waals surface area contributed by atoms with Gasteiger partial charge in [0.15, 0.2) is 11.5 Å². The molecule has 0 bridgehead atoms. The van der Waals surface area contributed by atoms with E-state index in [1.54, 1.807) is 5.32 Å². The Morgan fingerprint density at radius 2 is 1.86 bits per heavy atom. The zero-order valence-corrected chi connectivity index (χ0v) is 22.2. The maximum Gasteiger partial charge on any atom is 0.408 e. The number of carbonyl (C=O) groups is 2. The average Bonchev–Trinajstić information content (AvgIpc) is 3.51. The number of carbonyl (C=O) groups excluding carboxylic acids is 2. The summed E-state index contributed by atoms with van der Waals surface area (Å²) >= 11 is 0. The van der Waals surface area contributed by atoms with Gasteiger partial charge in [-0.2, -0.15) is 13.2 Å². The van der Waals surface area contributed by atoms with E-state index in [9.17, 15) is 40.3 Å². The van der Waals surface area contributed by atoms with Crippen LogP contribution in [0.3, 0.4) is 0 Å². The van der Waals surface area contributed by atoms with Gasteiger partial charge >= 0.3 is 6.18 Å². The maximum absolute atomic E-state index is 15.6. The van der Waals surface area contributed by atoms with Crippen molar-refractivity contribution in [1.82, 2.24) is 30.5 Å². The average molecular weight is 611 g/mol. The number of hydrogen-bond donors (Lipinski definition) is 2. The normalized spacial score (nSPS) is 17.4. The van der Waals surface area contributed by atoms with Crippen molar-refractivity contribution in [2.24, 2.45) is 0 Å². The SMILES string of the molecule is Cc1nonc1C(=O)N(Cc1nc2c(F)c([C@H](CC(F)F)C(=O)N[C@@H](C)C(F)(F)F)ccc2[nH]1)C1CCC(F)(F)CC1. The molecule has 1 aliphatic rings. The van der Waals surface area contributed by atoms with Crippen molar-refractivity contribution in [2.75, 3.05) is 0 Å². The molecular formula is C25H26F8N6O3. The van der Waals surface area contributed by atoms with Crippen LogP contribution >= 0.6 is 0 Å². The van der Waals surface area contributed by atoms with Gasteiger partial charge in [-0.05, 0) is 37.9 Å². The first-order chi connectivity index (χ1) is 19.6. The van der Waals surface area contributed by atoms with Gasteiger partial charge in [0.1, 0.15) is 23.1 Å². The highest BCUT2D eigenvalue weighted by Gasteiger charge is 2.41. The third-order valence-electron chi connectivity index (χ3n) is 7.19. The molecule has 2 N–H and O–H groups in total. The monoisotopic (exact) mass is 610 g/mol. The highest BCUT2D eigenvalue weighted by atomic mass is 19.4. The molecule has 3 aromatic rings. The molecule has 17 heteroatoms. The number of imidazole rings is 1. The number of alkyl halides is 7. The number of nitrogens with one attached hydrogen (secondary N) is 2. The van der Waals surface area contributed by atoms with E-state index >= 15 is 4.39 Å². The van der Waals surface area contributed by atoms with Crippen LogP contribution in [0.5, 0.6) is 0 Å². The number of halogens is 8. The van der Waals surface area contributed by atoms with E-state index in [1.807, 2.05) is 0 Å². The number of aromatic amines is 1. The Morgan fingerprint density at radius 3 is 2.43 bits per heavy atom. The van der Waals surface area contributed by atoms with Crippen molar-refractivity contribution >= 4 is 22.8 Å². The van der Waals surface area contributed by atoms with Crippen LogP contribution in [0, 0.1) is 12.7 Å². The fraction of sp³-hybridized carbons (Fsp3) is 0.560. The third kappa shape index (κ3) is 6.81. The van der Waals surface area contributed by atoms with E-state index in [4.69, 9.17) is 0 Å². The predicted octanol–water partition coefficient (Wildman–Crippen LogP) is 5.42. The van der Waals surface area contributed by atoms with E-state index < -0.39 is 84.5 Å². The molecule has 0 radical (unpaired) electrons. The molecule has 1 aromatic carbocycles. The number of hydrogen-bond acceptors (Lipinski definition) is 6. The summed E-state index contributed by atoms with van der Waals surface area (Å²) in [4.78, 5) is 34.0. The Morgan fingerprint density at radius 1 is 1.19 bits per heavy atom. The second kappa shape index (κ2) is 11.8. The lowest BCUT2D eigenvalue weighted by atomic mass is 9.91. The summed E-state index contributed by atoms with van der Waals surface area (Å²) in [6.07, 6.45) is -10.3. The number of H-pyrrole nitrogens is 1. The number of aryl methyl sites for hydroxylation is 1. The molecule has 2 atom stereocenters. The van der Waals surface area contributed by atoms with Crippen molar-refractivity contribution < 1.29 is 49.3 Å². The third-order valence-corrected chi connectivity index (χ3v) is 7.19. The number of amides is 2. The van der Waals surface area contributed by atoms with Gasteiger partial charge in [0.05, 0.1) is 18.0 Å². The lowest BCUT2D eigenvalue weighted by Crippen LogP contribution is -2.45. The molecule has 2 amide bonds. The number of benzene rings is 1. The summed E-state index contributed by atoms with van der Waals surface area (Å²) in [5.74, 6) is -8.24. The molecule has 230 valence electrons. The minimum absolute atomic E-state index is 0.0126. The van der Waals surface area contributed by atoms with Crippen LogP contribution in [-0.4, -0.2) is 67.6 Å². The quantitative estimate of drug-likeness (QED) is 0.313. The molecule has 9 nitrogen and oxygen atoms in total. The van der Waals surface area contributed by atoms with Crippen LogP contribution < -0.4 is 5.32 Å². The van der Waals surface area contributed by atoms with E-state index in [-0.39, 0.29) is 42.1 Å². The summed E-state index contributed by atoms with van der Waals surface area (Å²) in [5.41, 5.74) is -0.992. The second-order valence-electron chi connectivity index (χ2n) is 10.2. The molecule has 0 unspecified atom stereocenters. The zero-order chi connectivity index (χ0) is 31.0. The first-order valence-corrected chi connectivity index (χ1v) is 12.9.